The number of rotatable bonds is 5. The molecule has 0 aliphatic rings. The van der Waals surface area contributed by atoms with Gasteiger partial charge in [0.15, 0.2) is 5.69 Å². The lowest BCUT2D eigenvalue weighted by atomic mass is 10.2. The standard InChI is InChI=1S/C13H10FN3O4/c14-9-3-1-2-8(6-9)7-15-12-11(17(20)21)5-4-10(16-12)13(18)19/h1-6H,7H2,(H,15,16)(H,18,19). The monoisotopic (exact) mass is 291 g/mol. The molecule has 8 heteroatoms. The highest BCUT2D eigenvalue weighted by Gasteiger charge is 2.18. The highest BCUT2D eigenvalue weighted by Crippen LogP contribution is 2.22. The number of halogens is 1. The first-order valence-corrected chi connectivity index (χ1v) is 5.84. The highest BCUT2D eigenvalue weighted by molar-refractivity contribution is 5.86. The van der Waals surface area contributed by atoms with E-state index in [-0.39, 0.29) is 23.7 Å². The minimum absolute atomic E-state index is 0.0780. The van der Waals surface area contributed by atoms with E-state index in [1.165, 1.54) is 18.2 Å². The summed E-state index contributed by atoms with van der Waals surface area (Å²) in [5.74, 6) is -1.90. The average Bonchev–Trinajstić information content (AvgIpc) is 2.44. The van der Waals surface area contributed by atoms with Gasteiger partial charge in [0.2, 0.25) is 5.82 Å². The predicted molar refractivity (Wildman–Crippen MR) is 71.6 cm³/mol. The molecule has 0 aliphatic carbocycles. The van der Waals surface area contributed by atoms with Crippen molar-refractivity contribution in [3.8, 4) is 0 Å². The fraction of sp³-hybridized carbons (Fsp3) is 0.0769. The van der Waals surface area contributed by atoms with Crippen molar-refractivity contribution in [1.82, 2.24) is 4.98 Å². The van der Waals surface area contributed by atoms with Gasteiger partial charge in [0.25, 0.3) is 0 Å². The van der Waals surface area contributed by atoms with Crippen molar-refractivity contribution in [2.75, 3.05) is 5.32 Å². The van der Waals surface area contributed by atoms with Crippen molar-refractivity contribution in [2.24, 2.45) is 0 Å². The average molecular weight is 291 g/mol. The summed E-state index contributed by atoms with van der Waals surface area (Å²) >= 11 is 0. The lowest BCUT2D eigenvalue weighted by Gasteiger charge is -2.07. The first kappa shape index (κ1) is 14.4. The quantitative estimate of drug-likeness (QED) is 0.647. The maximum atomic E-state index is 13.0. The van der Waals surface area contributed by atoms with Crippen LogP contribution in [0, 0.1) is 15.9 Å². The van der Waals surface area contributed by atoms with Crippen molar-refractivity contribution in [2.45, 2.75) is 6.54 Å². The number of hydrogen-bond donors (Lipinski definition) is 2. The number of nitro groups is 1. The van der Waals surface area contributed by atoms with E-state index < -0.39 is 16.7 Å². The minimum Gasteiger partial charge on any atom is -0.477 e. The smallest absolute Gasteiger partial charge is 0.354 e. The van der Waals surface area contributed by atoms with Gasteiger partial charge in [-0.05, 0) is 23.8 Å². The molecular formula is C13H10FN3O4. The Morgan fingerprint density at radius 1 is 1.38 bits per heavy atom. The molecule has 2 N–H and O–H groups in total. The Kier molecular flexibility index (Phi) is 4.07. The molecule has 1 aromatic heterocycles. The third kappa shape index (κ3) is 3.50. The Bertz CT molecular complexity index is 706. The molecule has 1 aromatic carbocycles. The molecule has 1 heterocycles. The molecule has 0 spiro atoms. The first-order chi connectivity index (χ1) is 9.97. The van der Waals surface area contributed by atoms with Gasteiger partial charge in [-0.3, -0.25) is 10.1 Å². The summed E-state index contributed by atoms with van der Waals surface area (Å²) in [4.78, 5) is 24.7. The zero-order valence-electron chi connectivity index (χ0n) is 10.6. The molecule has 2 rings (SSSR count). The fourth-order valence-electron chi connectivity index (χ4n) is 1.68. The molecular weight excluding hydrogens is 281 g/mol. The van der Waals surface area contributed by atoms with Crippen LogP contribution in [0.25, 0.3) is 0 Å². The van der Waals surface area contributed by atoms with Gasteiger partial charge in [-0.2, -0.15) is 0 Å². The fourth-order valence-corrected chi connectivity index (χ4v) is 1.68. The number of benzene rings is 1. The van der Waals surface area contributed by atoms with E-state index in [9.17, 15) is 19.3 Å². The second-order valence-corrected chi connectivity index (χ2v) is 4.11. The maximum absolute atomic E-state index is 13.0. The van der Waals surface area contributed by atoms with E-state index >= 15 is 0 Å². The molecule has 2 aromatic rings. The van der Waals surface area contributed by atoms with E-state index in [0.717, 1.165) is 12.1 Å². The molecule has 21 heavy (non-hydrogen) atoms. The molecule has 0 radical (unpaired) electrons. The Morgan fingerprint density at radius 3 is 2.76 bits per heavy atom. The topological polar surface area (TPSA) is 105 Å². The van der Waals surface area contributed by atoms with Crippen molar-refractivity contribution in [1.29, 1.82) is 0 Å². The van der Waals surface area contributed by atoms with Gasteiger partial charge < -0.3 is 10.4 Å². The number of nitrogens with zero attached hydrogens (tertiary/aromatic N) is 2. The van der Waals surface area contributed by atoms with Crippen LogP contribution in [0.15, 0.2) is 36.4 Å². The zero-order valence-corrected chi connectivity index (χ0v) is 10.6. The Hall–Kier alpha value is -3.03. The number of pyridine rings is 1. The van der Waals surface area contributed by atoms with E-state index in [4.69, 9.17) is 5.11 Å². The van der Waals surface area contributed by atoms with E-state index in [1.807, 2.05) is 0 Å². The summed E-state index contributed by atoms with van der Waals surface area (Å²) in [6.07, 6.45) is 0. The molecule has 0 amide bonds. The van der Waals surface area contributed by atoms with Gasteiger partial charge in [-0.1, -0.05) is 12.1 Å². The molecule has 0 fully saturated rings. The van der Waals surface area contributed by atoms with Crippen LogP contribution in [0.5, 0.6) is 0 Å². The highest BCUT2D eigenvalue weighted by atomic mass is 19.1. The van der Waals surface area contributed by atoms with Gasteiger partial charge in [-0.15, -0.1) is 0 Å². The Morgan fingerprint density at radius 2 is 2.14 bits per heavy atom. The second kappa shape index (κ2) is 5.95. The van der Waals surface area contributed by atoms with Crippen molar-refractivity contribution in [3.63, 3.8) is 0 Å². The van der Waals surface area contributed by atoms with E-state index in [2.05, 4.69) is 10.3 Å². The molecule has 0 atom stereocenters. The molecule has 108 valence electrons. The van der Waals surface area contributed by atoms with Crippen LogP contribution >= 0.6 is 0 Å². The van der Waals surface area contributed by atoms with Gasteiger partial charge >= 0.3 is 11.7 Å². The molecule has 0 unspecified atom stereocenters. The van der Waals surface area contributed by atoms with Crippen molar-refractivity contribution >= 4 is 17.5 Å². The third-order valence-electron chi connectivity index (χ3n) is 2.64. The van der Waals surface area contributed by atoms with Crippen LogP contribution in [-0.2, 0) is 6.54 Å². The predicted octanol–water partition coefficient (Wildman–Crippen LogP) is 2.44. The van der Waals surface area contributed by atoms with Crippen LogP contribution in [-0.4, -0.2) is 21.0 Å². The first-order valence-electron chi connectivity index (χ1n) is 5.84. The lowest BCUT2D eigenvalue weighted by molar-refractivity contribution is -0.384. The SMILES string of the molecule is O=C(O)c1ccc([N+](=O)[O-])c(NCc2cccc(F)c2)n1. The molecule has 0 saturated carbocycles. The zero-order chi connectivity index (χ0) is 15.4. The molecule has 0 bridgehead atoms. The van der Waals surface area contributed by atoms with Gasteiger partial charge in [0, 0.05) is 12.6 Å². The van der Waals surface area contributed by atoms with E-state index in [1.54, 1.807) is 6.07 Å². The number of carboxylic acids is 1. The van der Waals surface area contributed by atoms with Crippen LogP contribution in [0.3, 0.4) is 0 Å². The van der Waals surface area contributed by atoms with Crippen LogP contribution in [0.1, 0.15) is 16.1 Å². The molecule has 7 nitrogen and oxygen atoms in total. The molecule has 0 saturated heterocycles. The van der Waals surface area contributed by atoms with Gasteiger partial charge in [-0.25, -0.2) is 14.2 Å². The van der Waals surface area contributed by atoms with Gasteiger partial charge in [0.1, 0.15) is 5.82 Å². The normalized spacial score (nSPS) is 10.1. The van der Waals surface area contributed by atoms with Crippen LogP contribution < -0.4 is 5.32 Å². The summed E-state index contributed by atoms with van der Waals surface area (Å²) < 4.78 is 13.0. The summed E-state index contributed by atoms with van der Waals surface area (Å²) in [6.45, 7) is 0.0780. The largest absolute Gasteiger partial charge is 0.477 e. The lowest BCUT2D eigenvalue weighted by Crippen LogP contribution is -2.08. The number of carbonyl (C=O) groups is 1. The Balaban J connectivity index is 2.26. The van der Waals surface area contributed by atoms with Crippen LogP contribution in [0.4, 0.5) is 15.9 Å². The van der Waals surface area contributed by atoms with Crippen LogP contribution in [0.2, 0.25) is 0 Å². The number of nitrogens with one attached hydrogen (secondary N) is 1. The number of carboxylic acid groups (broad SMARTS) is 1. The number of aromatic nitrogens is 1. The maximum Gasteiger partial charge on any atom is 0.354 e. The summed E-state index contributed by atoms with van der Waals surface area (Å²) in [5, 5.41) is 22.4. The van der Waals surface area contributed by atoms with Gasteiger partial charge in [0.05, 0.1) is 4.92 Å². The number of anilines is 1. The Labute approximate surface area is 118 Å². The minimum atomic E-state index is -1.29. The number of hydrogen-bond acceptors (Lipinski definition) is 5. The molecule has 0 aliphatic heterocycles. The van der Waals surface area contributed by atoms with Crippen molar-refractivity contribution < 1.29 is 19.2 Å². The summed E-state index contributed by atoms with van der Waals surface area (Å²) in [7, 11) is 0. The number of aromatic carboxylic acids is 1. The van der Waals surface area contributed by atoms with Crippen molar-refractivity contribution in [3.05, 3.63) is 63.6 Å². The third-order valence-corrected chi connectivity index (χ3v) is 2.64. The summed E-state index contributed by atoms with van der Waals surface area (Å²) in [5.41, 5.74) is -0.120. The second-order valence-electron chi connectivity index (χ2n) is 4.11. The summed E-state index contributed by atoms with van der Waals surface area (Å²) in [6, 6.07) is 7.78. The van der Waals surface area contributed by atoms with E-state index in [0.29, 0.717) is 5.56 Å².